The molecule has 3 N–H and O–H groups in total. The summed E-state index contributed by atoms with van der Waals surface area (Å²) in [6, 6.07) is 2.22. The smallest absolute Gasteiger partial charge is 0.106 e. The van der Waals surface area contributed by atoms with Crippen molar-refractivity contribution in [3.05, 3.63) is 24.0 Å². The maximum atomic E-state index is 5.60. The molecule has 14 heavy (non-hydrogen) atoms. The highest BCUT2D eigenvalue weighted by molar-refractivity contribution is 7.80. The second-order valence-corrected chi connectivity index (χ2v) is 3.68. The molecule has 0 aliphatic heterocycles. The largest absolute Gasteiger partial charge is 0.389 e. The van der Waals surface area contributed by atoms with Crippen molar-refractivity contribution in [2.75, 3.05) is 5.32 Å². The average molecular weight is 209 g/mol. The Balaban J connectivity index is 2.90. The van der Waals surface area contributed by atoms with Gasteiger partial charge >= 0.3 is 0 Å². The molecule has 0 spiro atoms. The average Bonchev–Trinajstić information content (AvgIpc) is 2.18. The first-order chi connectivity index (χ1) is 6.65. The van der Waals surface area contributed by atoms with Gasteiger partial charge in [0, 0.05) is 17.8 Å². The third-order valence-corrected chi connectivity index (χ3v) is 2.32. The van der Waals surface area contributed by atoms with E-state index in [2.05, 4.69) is 24.1 Å². The van der Waals surface area contributed by atoms with Gasteiger partial charge in [-0.3, -0.25) is 4.98 Å². The van der Waals surface area contributed by atoms with Gasteiger partial charge in [0.1, 0.15) is 4.99 Å². The molecule has 0 amide bonds. The standard InChI is InChI=1S/C10H15N3S/c1-3-7(2)13-9-6-12-5-4-8(9)10(11)14/h4-7,13H,3H2,1-2H3,(H2,11,14). The van der Waals surface area contributed by atoms with Crippen molar-refractivity contribution in [3.8, 4) is 0 Å². The van der Waals surface area contributed by atoms with Crippen LogP contribution in [0.4, 0.5) is 5.69 Å². The summed E-state index contributed by atoms with van der Waals surface area (Å²) in [6.07, 6.45) is 4.49. The van der Waals surface area contributed by atoms with Gasteiger partial charge in [-0.25, -0.2) is 0 Å². The fraction of sp³-hybridized carbons (Fsp3) is 0.400. The van der Waals surface area contributed by atoms with Gasteiger partial charge in [-0.1, -0.05) is 19.1 Å². The van der Waals surface area contributed by atoms with Crippen LogP contribution in [0.3, 0.4) is 0 Å². The zero-order chi connectivity index (χ0) is 10.6. The van der Waals surface area contributed by atoms with Crippen LogP contribution in [0.15, 0.2) is 18.5 Å². The molecule has 0 bridgehead atoms. The summed E-state index contributed by atoms with van der Waals surface area (Å²) < 4.78 is 0. The van der Waals surface area contributed by atoms with Crippen molar-refractivity contribution >= 4 is 22.9 Å². The van der Waals surface area contributed by atoms with Crippen molar-refractivity contribution in [3.63, 3.8) is 0 Å². The van der Waals surface area contributed by atoms with Crippen molar-refractivity contribution in [2.24, 2.45) is 5.73 Å². The maximum Gasteiger partial charge on any atom is 0.106 e. The lowest BCUT2D eigenvalue weighted by molar-refractivity contribution is 0.763. The van der Waals surface area contributed by atoms with E-state index in [9.17, 15) is 0 Å². The highest BCUT2D eigenvalue weighted by Gasteiger charge is 2.06. The number of rotatable bonds is 4. The number of nitrogens with one attached hydrogen (secondary N) is 1. The molecule has 1 aromatic heterocycles. The normalized spacial score (nSPS) is 12.1. The molecule has 0 aliphatic rings. The summed E-state index contributed by atoms with van der Waals surface area (Å²) >= 11 is 4.95. The van der Waals surface area contributed by atoms with Crippen molar-refractivity contribution in [1.29, 1.82) is 0 Å². The summed E-state index contributed by atoms with van der Waals surface area (Å²) in [5, 5.41) is 3.31. The molecule has 76 valence electrons. The van der Waals surface area contributed by atoms with E-state index in [0.717, 1.165) is 17.7 Å². The number of hydrogen-bond acceptors (Lipinski definition) is 3. The fourth-order valence-corrected chi connectivity index (χ4v) is 1.27. The van der Waals surface area contributed by atoms with E-state index in [4.69, 9.17) is 18.0 Å². The molecule has 1 unspecified atom stereocenters. The number of nitrogens with two attached hydrogens (primary N) is 1. The number of hydrogen-bond donors (Lipinski definition) is 2. The van der Waals surface area contributed by atoms with Crippen LogP contribution in [0.2, 0.25) is 0 Å². The van der Waals surface area contributed by atoms with Crippen molar-refractivity contribution < 1.29 is 0 Å². The molecule has 3 nitrogen and oxygen atoms in total. The summed E-state index contributed by atoms with van der Waals surface area (Å²) in [6.45, 7) is 4.23. The molecule has 0 fully saturated rings. The van der Waals surface area contributed by atoms with Gasteiger partial charge in [-0.2, -0.15) is 0 Å². The molecule has 0 aromatic carbocycles. The Bertz CT molecular complexity index is 325. The molecule has 0 radical (unpaired) electrons. The van der Waals surface area contributed by atoms with Crippen LogP contribution in [0.5, 0.6) is 0 Å². The van der Waals surface area contributed by atoms with Crippen LogP contribution in [0, 0.1) is 0 Å². The van der Waals surface area contributed by atoms with E-state index in [1.54, 1.807) is 12.4 Å². The minimum absolute atomic E-state index is 0.396. The Hall–Kier alpha value is -1.16. The Morgan fingerprint density at radius 2 is 2.43 bits per heavy atom. The predicted octanol–water partition coefficient (Wildman–Crippen LogP) is 1.93. The third kappa shape index (κ3) is 2.67. The van der Waals surface area contributed by atoms with Crippen molar-refractivity contribution in [2.45, 2.75) is 26.3 Å². The molecule has 1 aromatic rings. The van der Waals surface area contributed by atoms with Crippen LogP contribution in [-0.4, -0.2) is 16.0 Å². The van der Waals surface area contributed by atoms with Crippen LogP contribution >= 0.6 is 12.2 Å². The van der Waals surface area contributed by atoms with E-state index >= 15 is 0 Å². The Kier molecular flexibility index (Phi) is 3.83. The number of pyridine rings is 1. The number of nitrogens with zero attached hydrogens (tertiary/aromatic N) is 1. The predicted molar refractivity (Wildman–Crippen MR) is 63.5 cm³/mol. The van der Waals surface area contributed by atoms with Gasteiger partial charge in [0.05, 0.1) is 11.9 Å². The first-order valence-electron chi connectivity index (χ1n) is 4.65. The number of anilines is 1. The molecular formula is C10H15N3S. The molecule has 4 heteroatoms. The van der Waals surface area contributed by atoms with E-state index in [1.165, 1.54) is 0 Å². The molecule has 0 saturated heterocycles. The Morgan fingerprint density at radius 3 is 3.00 bits per heavy atom. The third-order valence-electron chi connectivity index (χ3n) is 2.10. The maximum absolute atomic E-state index is 5.60. The zero-order valence-electron chi connectivity index (χ0n) is 8.45. The zero-order valence-corrected chi connectivity index (χ0v) is 9.27. The van der Waals surface area contributed by atoms with E-state index in [-0.39, 0.29) is 0 Å². The summed E-state index contributed by atoms with van der Waals surface area (Å²) in [5.74, 6) is 0. The van der Waals surface area contributed by atoms with E-state index < -0.39 is 0 Å². The lowest BCUT2D eigenvalue weighted by atomic mass is 10.2. The molecule has 1 heterocycles. The van der Waals surface area contributed by atoms with Gasteiger partial charge in [-0.05, 0) is 19.4 Å². The lowest BCUT2D eigenvalue weighted by Gasteiger charge is -2.15. The van der Waals surface area contributed by atoms with Gasteiger partial charge in [0.15, 0.2) is 0 Å². The molecule has 0 saturated carbocycles. The minimum Gasteiger partial charge on any atom is -0.389 e. The van der Waals surface area contributed by atoms with Gasteiger partial charge in [-0.15, -0.1) is 0 Å². The fourth-order valence-electron chi connectivity index (χ4n) is 1.09. The van der Waals surface area contributed by atoms with Gasteiger partial charge in [0.25, 0.3) is 0 Å². The Morgan fingerprint density at radius 1 is 1.71 bits per heavy atom. The highest BCUT2D eigenvalue weighted by Crippen LogP contribution is 2.14. The summed E-state index contributed by atoms with van der Waals surface area (Å²) in [7, 11) is 0. The van der Waals surface area contributed by atoms with Crippen LogP contribution in [-0.2, 0) is 0 Å². The lowest BCUT2D eigenvalue weighted by Crippen LogP contribution is -2.18. The molecule has 0 aliphatic carbocycles. The number of thiocarbonyl (C=S) groups is 1. The van der Waals surface area contributed by atoms with E-state index in [1.807, 2.05) is 6.07 Å². The summed E-state index contributed by atoms with van der Waals surface area (Å²) in [5.41, 5.74) is 7.36. The van der Waals surface area contributed by atoms with Crippen LogP contribution < -0.4 is 11.1 Å². The van der Waals surface area contributed by atoms with Crippen LogP contribution in [0.25, 0.3) is 0 Å². The molecule has 1 rings (SSSR count). The summed E-state index contributed by atoms with van der Waals surface area (Å²) in [4.78, 5) is 4.44. The second kappa shape index (κ2) is 4.91. The van der Waals surface area contributed by atoms with E-state index in [0.29, 0.717) is 11.0 Å². The Labute approximate surface area is 89.7 Å². The SMILES string of the molecule is CCC(C)Nc1cnccc1C(N)=S. The minimum atomic E-state index is 0.396. The van der Waals surface area contributed by atoms with Gasteiger partial charge in [0.2, 0.25) is 0 Å². The topological polar surface area (TPSA) is 50.9 Å². The first-order valence-corrected chi connectivity index (χ1v) is 5.06. The number of aromatic nitrogens is 1. The second-order valence-electron chi connectivity index (χ2n) is 3.24. The molecule has 1 atom stereocenters. The van der Waals surface area contributed by atoms with Crippen molar-refractivity contribution in [1.82, 2.24) is 4.98 Å². The monoisotopic (exact) mass is 209 g/mol. The molecular weight excluding hydrogens is 194 g/mol. The van der Waals surface area contributed by atoms with Gasteiger partial charge < -0.3 is 11.1 Å². The quantitative estimate of drug-likeness (QED) is 0.744. The van der Waals surface area contributed by atoms with Crippen LogP contribution in [0.1, 0.15) is 25.8 Å². The first kappa shape index (κ1) is 10.9. The highest BCUT2D eigenvalue weighted by atomic mass is 32.1.